The van der Waals surface area contributed by atoms with Gasteiger partial charge in [-0.05, 0) is 46.5 Å². The molecule has 0 bridgehead atoms. The third-order valence-corrected chi connectivity index (χ3v) is 10.3. The van der Waals surface area contributed by atoms with Crippen LogP contribution >= 0.6 is 23.5 Å². The number of nitrogens with two attached hydrogens (primary N) is 1. The van der Waals surface area contributed by atoms with Crippen LogP contribution in [-0.4, -0.2) is 98.8 Å². The number of anilines is 1. The molecule has 21 heteroatoms. The van der Waals surface area contributed by atoms with Crippen molar-refractivity contribution >= 4 is 53.0 Å². The number of amides is 4. The molecule has 6 rings (SSSR count). The van der Waals surface area contributed by atoms with Gasteiger partial charge in [-0.15, -0.1) is 16.9 Å². The normalized spacial score (nSPS) is 20.7. The van der Waals surface area contributed by atoms with Crippen LogP contribution in [0, 0.1) is 0 Å². The van der Waals surface area contributed by atoms with Crippen molar-refractivity contribution in [3.05, 3.63) is 53.1 Å². The van der Waals surface area contributed by atoms with E-state index in [-0.39, 0.29) is 69.7 Å². The van der Waals surface area contributed by atoms with E-state index >= 15 is 0 Å². The number of nitrogens with one attached hydrogen (secondary N) is 1. The minimum atomic E-state index is -2.07. The Balaban J connectivity index is 0.00000451. The van der Waals surface area contributed by atoms with E-state index in [0.717, 1.165) is 34.4 Å². The first-order chi connectivity index (χ1) is 22.5. The molecule has 2 fully saturated rings. The van der Waals surface area contributed by atoms with Crippen LogP contribution in [0.2, 0.25) is 0 Å². The molecule has 0 spiro atoms. The van der Waals surface area contributed by atoms with Crippen LogP contribution in [0.25, 0.3) is 0 Å². The second kappa shape index (κ2) is 13.9. The van der Waals surface area contributed by atoms with Gasteiger partial charge in [0.05, 0.1) is 17.9 Å². The van der Waals surface area contributed by atoms with Crippen molar-refractivity contribution in [2.45, 2.75) is 41.1 Å². The molecule has 1 aromatic carbocycles. The monoisotopic (exact) mass is 706 g/mol. The first kappa shape index (κ1) is 35.4. The Bertz CT molecular complexity index is 1810. The van der Waals surface area contributed by atoms with Gasteiger partial charge in [0.25, 0.3) is 17.5 Å². The van der Waals surface area contributed by atoms with Gasteiger partial charge in [-0.1, -0.05) is 23.9 Å². The van der Waals surface area contributed by atoms with Crippen LogP contribution in [0.4, 0.5) is 10.5 Å². The summed E-state index contributed by atoms with van der Waals surface area (Å²) < 4.78 is 7.00. The summed E-state index contributed by atoms with van der Waals surface area (Å²) in [6.45, 7) is 0. The summed E-state index contributed by atoms with van der Waals surface area (Å²) >= 11 is 2.31. The average molecular weight is 707 g/mol. The molecule has 4 heterocycles. The van der Waals surface area contributed by atoms with E-state index in [2.05, 4.69) is 30.8 Å². The number of carboxylic acids is 1. The summed E-state index contributed by atoms with van der Waals surface area (Å²) in [4.78, 5) is 63.3. The second-order valence-electron chi connectivity index (χ2n) is 10.8. The van der Waals surface area contributed by atoms with Gasteiger partial charge in [-0.25, -0.2) is 14.5 Å². The quantitative estimate of drug-likeness (QED) is 0.0643. The number of carbonyl (C=O) groups excluding carboxylic acids is 4. The number of primary amides is 1. The van der Waals surface area contributed by atoms with Crippen molar-refractivity contribution in [3.63, 3.8) is 0 Å². The number of fused-ring (bicyclic) bond motifs is 1. The van der Waals surface area contributed by atoms with Crippen molar-refractivity contribution in [1.82, 2.24) is 40.4 Å². The number of phenols is 1. The van der Waals surface area contributed by atoms with E-state index < -0.39 is 46.8 Å². The summed E-state index contributed by atoms with van der Waals surface area (Å²) in [7, 11) is 2.79. The zero-order chi connectivity index (χ0) is 33.6. The molecule has 18 nitrogen and oxygen atoms in total. The number of rotatable bonds is 11. The van der Waals surface area contributed by atoms with Gasteiger partial charge in [-0.2, -0.15) is 4.98 Å². The molecular formula is C27H27N10NaO8S2. The number of nitrogens with zero attached hydrogens (tertiary/aromatic N) is 8. The molecule has 2 aromatic heterocycles. The minimum Gasteiger partial charge on any atom is -0.543 e. The van der Waals surface area contributed by atoms with Crippen LogP contribution in [0.3, 0.4) is 0 Å². The number of carboxylic acid groups (broad SMARTS) is 1. The number of aromatic hydroxyl groups is 2. The molecule has 246 valence electrons. The number of aromatic nitrogens is 6. The minimum absolute atomic E-state index is 0. The van der Waals surface area contributed by atoms with Crippen LogP contribution < -0.4 is 50.6 Å². The van der Waals surface area contributed by atoms with E-state index in [4.69, 9.17) is 10.5 Å². The molecule has 48 heavy (non-hydrogen) atoms. The zero-order valence-electron chi connectivity index (χ0n) is 25.8. The molecule has 1 saturated heterocycles. The van der Waals surface area contributed by atoms with E-state index in [0.29, 0.717) is 16.6 Å². The van der Waals surface area contributed by atoms with E-state index in [1.54, 1.807) is 7.05 Å². The van der Waals surface area contributed by atoms with Crippen LogP contribution in [-0.2, 0) is 26.2 Å². The van der Waals surface area contributed by atoms with Crippen LogP contribution in [0.1, 0.15) is 36.2 Å². The van der Waals surface area contributed by atoms with Crippen molar-refractivity contribution in [1.29, 1.82) is 0 Å². The number of thioether (sulfide) groups is 2. The summed E-state index contributed by atoms with van der Waals surface area (Å²) in [6.07, 6.45) is 2.86. The number of aryl methyl sites for hydroxylation is 1. The Morgan fingerprint density at radius 1 is 1.27 bits per heavy atom. The summed E-state index contributed by atoms with van der Waals surface area (Å²) in [5.41, 5.74) is 3.54. The van der Waals surface area contributed by atoms with Crippen LogP contribution in [0.15, 0.2) is 46.9 Å². The maximum Gasteiger partial charge on any atom is 1.00 e. The van der Waals surface area contributed by atoms with E-state index in [1.807, 2.05) is 0 Å². The fourth-order valence-corrected chi connectivity index (χ4v) is 7.76. The maximum absolute atomic E-state index is 14.2. The predicted octanol–water partition coefficient (Wildman–Crippen LogP) is -3.91. The fourth-order valence-electron chi connectivity index (χ4n) is 5.34. The number of methoxy groups -OCH3 is 1. The molecule has 1 saturated carbocycles. The van der Waals surface area contributed by atoms with Crippen molar-refractivity contribution in [2.24, 2.45) is 12.8 Å². The zero-order valence-corrected chi connectivity index (χ0v) is 29.4. The standard InChI is InChI=1S/C27H28N10O8S2.Na/c1-35-26(32-33-34-35)47-11-14-10-46-24-27(45-2,23(43)37(24)18(14)22(41)42)31-21(40)17(12-5-7-15(38)8-6-12)36(25(28)44)16-9-29-19(13-3-4-13)30-20(16)39;/h5-9,13,17,24,38H,3-4,10-11H2,1-2H3,(H2,28,44)(H,31,40)(H,41,42)(H,29,30,39);/q;+1/p-1/t17?,24-,27-;/m0./s1. The largest absolute Gasteiger partial charge is 1.00 e. The van der Waals surface area contributed by atoms with Crippen molar-refractivity contribution in [3.8, 4) is 11.6 Å². The number of ether oxygens (including phenoxy) is 1. The number of benzene rings is 1. The van der Waals surface area contributed by atoms with E-state index in [9.17, 15) is 34.5 Å². The third kappa shape index (κ3) is 6.30. The SMILES string of the molecule is CO[C@@]1(NC(=O)C(c2ccc(O)cc2)N(C(N)=O)c2cnc(C3CC3)nc2O)C(=O)N2C(C(=O)[O-])=C(CSc3nnnn3C)CS[C@H]21.[Na+]. The Kier molecular flexibility index (Phi) is 10.2. The molecule has 3 atom stereocenters. The number of tetrazole rings is 1. The van der Waals surface area contributed by atoms with Gasteiger partial charge in [0, 0.05) is 31.6 Å². The third-order valence-electron chi connectivity index (χ3n) is 7.81. The maximum atomic E-state index is 14.2. The molecule has 0 radical (unpaired) electrons. The summed E-state index contributed by atoms with van der Waals surface area (Å²) in [5.74, 6) is -3.51. The molecule has 2 aliphatic heterocycles. The number of phenolic OH excluding ortho intramolecular Hbond substituents is 1. The first-order valence-electron chi connectivity index (χ1n) is 14.0. The Morgan fingerprint density at radius 3 is 2.54 bits per heavy atom. The van der Waals surface area contributed by atoms with Gasteiger partial charge in [0.1, 0.15) is 28.7 Å². The van der Waals surface area contributed by atoms with Gasteiger partial charge in [0.15, 0.2) is 0 Å². The summed E-state index contributed by atoms with van der Waals surface area (Å²) in [5, 5.41) is 46.2. The van der Waals surface area contributed by atoms with E-state index in [1.165, 1.54) is 54.0 Å². The predicted molar refractivity (Wildman–Crippen MR) is 161 cm³/mol. The van der Waals surface area contributed by atoms with Gasteiger partial charge < -0.3 is 35.9 Å². The van der Waals surface area contributed by atoms with Gasteiger partial charge in [-0.3, -0.25) is 19.4 Å². The van der Waals surface area contributed by atoms with Crippen molar-refractivity contribution < 1.29 is 68.8 Å². The Labute approximate surface area is 302 Å². The number of carbonyl (C=O) groups is 4. The smallest absolute Gasteiger partial charge is 0.543 e. The second-order valence-corrected chi connectivity index (χ2v) is 12.8. The molecule has 4 amide bonds. The number of hydrogen-bond donors (Lipinski definition) is 4. The topological polar surface area (TPSA) is 255 Å². The molecule has 3 aromatic rings. The fraction of sp³-hybridized carbons (Fsp3) is 0.370. The summed E-state index contributed by atoms with van der Waals surface area (Å²) in [6, 6.07) is 2.44. The number of urea groups is 1. The van der Waals surface area contributed by atoms with Gasteiger partial charge in [0.2, 0.25) is 11.0 Å². The number of aliphatic carboxylic acids is 1. The Hall–Kier alpha value is -3.95. The average Bonchev–Trinajstić information content (AvgIpc) is 3.82. The molecule has 1 unspecified atom stereocenters. The van der Waals surface area contributed by atoms with Gasteiger partial charge >= 0.3 is 35.6 Å². The number of hydrogen-bond acceptors (Lipinski definition) is 15. The first-order valence-corrected chi connectivity index (χ1v) is 16.0. The molecular weight excluding hydrogens is 679 g/mol. The molecule has 5 N–H and O–H groups in total. The van der Waals surface area contributed by atoms with Crippen LogP contribution in [0.5, 0.6) is 11.6 Å². The van der Waals surface area contributed by atoms with Crippen molar-refractivity contribution in [2.75, 3.05) is 23.5 Å². The Morgan fingerprint density at radius 2 is 1.98 bits per heavy atom. The molecule has 1 aliphatic carbocycles. The number of β-lactam (4-membered cyclic amide) rings is 1. The molecule has 3 aliphatic rings.